The third-order valence-electron chi connectivity index (χ3n) is 1.25. The predicted molar refractivity (Wildman–Crippen MR) is 48.1 cm³/mol. The van der Waals surface area contributed by atoms with Gasteiger partial charge in [0.1, 0.15) is 0 Å². The zero-order valence-corrected chi connectivity index (χ0v) is 8.19. The van der Waals surface area contributed by atoms with Crippen LogP contribution in [0.5, 0.6) is 0 Å². The Morgan fingerprint density at radius 2 is 1.42 bits per heavy atom. The van der Waals surface area contributed by atoms with Crippen molar-refractivity contribution in [1.29, 1.82) is 0 Å². The van der Waals surface area contributed by atoms with Gasteiger partial charge in [-0.2, -0.15) is 0 Å². The Balaban J connectivity index is 0. The number of rotatable bonds is 5. The average molecular weight is 179 g/mol. The van der Waals surface area contributed by atoms with E-state index in [2.05, 4.69) is 0 Å². The van der Waals surface area contributed by atoms with Gasteiger partial charge in [-0.3, -0.25) is 5.21 Å². The molecule has 0 amide bonds. The number of aliphatic hydroxyl groups is 1. The third-order valence-corrected chi connectivity index (χ3v) is 1.25. The molecule has 4 N–H and O–H groups in total. The van der Waals surface area contributed by atoms with Gasteiger partial charge in [-0.15, -0.1) is 0 Å². The molecule has 0 bridgehead atoms. The summed E-state index contributed by atoms with van der Waals surface area (Å²) in [7, 11) is 1.00. The molecule has 0 aromatic heterocycles. The van der Waals surface area contributed by atoms with Crippen LogP contribution in [-0.2, 0) is 0 Å². The molecule has 0 saturated carbocycles. The lowest BCUT2D eigenvalue weighted by molar-refractivity contribution is -0.249. The minimum atomic E-state index is 0.674. The lowest BCUT2D eigenvalue weighted by atomic mass is 10.4. The molecule has 0 aromatic rings. The summed E-state index contributed by atoms with van der Waals surface area (Å²) in [5.41, 5.74) is 0. The number of hydrazine groups is 2. The second-order valence-electron chi connectivity index (χ2n) is 2.27. The molecule has 0 rings (SSSR count). The molecule has 0 atom stereocenters. The van der Waals surface area contributed by atoms with Crippen molar-refractivity contribution < 1.29 is 10.3 Å². The van der Waals surface area contributed by atoms with Crippen LogP contribution in [0.4, 0.5) is 0 Å². The number of aliphatic hydroxyl groups excluding tert-OH is 1. The summed E-state index contributed by atoms with van der Waals surface area (Å²) < 4.78 is 0. The van der Waals surface area contributed by atoms with Gasteiger partial charge in [-0.1, -0.05) is 19.1 Å². The molecule has 12 heavy (non-hydrogen) atoms. The Kier molecular flexibility index (Phi) is 12.9. The maximum absolute atomic E-state index is 8.81. The topological polar surface area (TPSA) is 73.0 Å². The molecule has 0 heterocycles. The van der Waals surface area contributed by atoms with Gasteiger partial charge in [0.15, 0.2) is 0 Å². The highest BCUT2D eigenvalue weighted by atomic mass is 16.6. The maximum Gasteiger partial charge on any atom is 0.0319 e. The van der Waals surface area contributed by atoms with Crippen molar-refractivity contribution in [3.8, 4) is 0 Å². The van der Waals surface area contributed by atoms with Gasteiger partial charge in [0.25, 0.3) is 0 Å². The van der Waals surface area contributed by atoms with Crippen molar-refractivity contribution in [2.45, 2.75) is 26.7 Å². The van der Waals surface area contributed by atoms with E-state index in [1.807, 2.05) is 13.8 Å². The molecule has 0 unspecified atom stereocenters. The van der Waals surface area contributed by atoms with E-state index in [1.165, 1.54) is 0 Å². The van der Waals surface area contributed by atoms with E-state index in [4.69, 9.17) is 16.2 Å². The maximum atomic E-state index is 8.81. The molecule has 76 valence electrons. The van der Waals surface area contributed by atoms with E-state index < -0.39 is 0 Å². The fraction of sp³-hybridized carbons (Fsp3) is 1.00. The van der Waals surface area contributed by atoms with Crippen LogP contribution in [0.25, 0.3) is 0 Å². The summed E-state index contributed by atoms with van der Waals surface area (Å²) in [4.78, 5) is 0. The van der Waals surface area contributed by atoms with Crippen LogP contribution < -0.4 is 5.84 Å². The predicted octanol–water partition coefficient (Wildman–Crippen LogP) is 0.197. The van der Waals surface area contributed by atoms with Crippen molar-refractivity contribution in [2.75, 3.05) is 20.2 Å². The van der Waals surface area contributed by atoms with Gasteiger partial charge < -0.3 is 5.11 Å². The van der Waals surface area contributed by atoms with Crippen LogP contribution in [-0.4, -0.2) is 40.8 Å². The second kappa shape index (κ2) is 10.8. The number of hydrogen-bond acceptors (Lipinski definition) is 5. The van der Waals surface area contributed by atoms with Gasteiger partial charge in [-0.25, -0.2) is 10.9 Å². The highest BCUT2D eigenvalue weighted by Crippen LogP contribution is 1.92. The third kappa shape index (κ3) is 7.90. The fourth-order valence-electron chi connectivity index (χ4n) is 0.833. The zero-order chi connectivity index (χ0) is 9.98. The van der Waals surface area contributed by atoms with E-state index in [0.29, 0.717) is 5.28 Å². The smallest absolute Gasteiger partial charge is 0.0319 e. The first-order valence-electron chi connectivity index (χ1n) is 4.15. The molecule has 0 aromatic carbocycles. The Hall–Kier alpha value is -0.200. The molecule has 0 aliphatic heterocycles. The largest absolute Gasteiger partial charge is 0.400 e. The van der Waals surface area contributed by atoms with Crippen LogP contribution in [0.1, 0.15) is 26.7 Å². The zero-order valence-electron chi connectivity index (χ0n) is 8.19. The van der Waals surface area contributed by atoms with Gasteiger partial charge >= 0.3 is 0 Å². The van der Waals surface area contributed by atoms with Gasteiger partial charge in [0.05, 0.1) is 0 Å². The summed E-state index contributed by atoms with van der Waals surface area (Å²) >= 11 is 0. The Morgan fingerprint density at radius 1 is 1.08 bits per heavy atom. The van der Waals surface area contributed by atoms with Crippen molar-refractivity contribution >= 4 is 0 Å². The van der Waals surface area contributed by atoms with Crippen LogP contribution in [0.2, 0.25) is 0 Å². The quantitative estimate of drug-likeness (QED) is 0.415. The minimum absolute atomic E-state index is 0.674. The van der Waals surface area contributed by atoms with E-state index in [9.17, 15) is 0 Å². The first-order valence-corrected chi connectivity index (χ1v) is 4.15. The standard InChI is InChI=1S/C6H17N3O.CH4O/c1-3-5-8(6-4-2)9(7)10;1-2/h10H,3-7H2,1-2H3;2H,1H3. The highest BCUT2D eigenvalue weighted by molar-refractivity contribution is 4.44. The Bertz CT molecular complexity index is 75.1. The molecule has 0 aliphatic rings. The normalized spacial score (nSPS) is 10.0. The van der Waals surface area contributed by atoms with Gasteiger partial charge in [-0.05, 0) is 12.8 Å². The summed E-state index contributed by atoms with van der Waals surface area (Å²) in [5, 5.41) is 18.2. The average Bonchev–Trinajstić information content (AvgIpc) is 2.08. The Labute approximate surface area is 74.3 Å². The molecule has 0 fully saturated rings. The molecular formula is C7H21N3O2. The molecule has 5 heteroatoms. The first kappa shape index (κ1) is 14.3. The van der Waals surface area contributed by atoms with Gasteiger partial charge in [0.2, 0.25) is 0 Å². The van der Waals surface area contributed by atoms with E-state index in [1.54, 1.807) is 5.01 Å². The van der Waals surface area contributed by atoms with Crippen LogP contribution in [0.3, 0.4) is 0 Å². The fourth-order valence-corrected chi connectivity index (χ4v) is 0.833. The van der Waals surface area contributed by atoms with E-state index in [0.717, 1.165) is 33.0 Å². The van der Waals surface area contributed by atoms with Crippen molar-refractivity contribution in [2.24, 2.45) is 5.84 Å². The molecule has 0 saturated heterocycles. The van der Waals surface area contributed by atoms with Crippen LogP contribution in [0, 0.1) is 0 Å². The monoisotopic (exact) mass is 179 g/mol. The lowest BCUT2D eigenvalue weighted by Gasteiger charge is -2.24. The summed E-state index contributed by atoms with van der Waals surface area (Å²) in [6.07, 6.45) is 1.99. The second-order valence-corrected chi connectivity index (χ2v) is 2.27. The van der Waals surface area contributed by atoms with E-state index >= 15 is 0 Å². The number of hydrogen-bond donors (Lipinski definition) is 3. The molecule has 0 spiro atoms. The van der Waals surface area contributed by atoms with Crippen molar-refractivity contribution in [3.05, 3.63) is 0 Å². The summed E-state index contributed by atoms with van der Waals surface area (Å²) in [6, 6.07) is 0. The molecule has 5 nitrogen and oxygen atoms in total. The first-order chi connectivity index (χ1) is 5.72. The summed E-state index contributed by atoms with van der Waals surface area (Å²) in [5.74, 6) is 5.12. The van der Waals surface area contributed by atoms with Crippen molar-refractivity contribution in [1.82, 2.24) is 10.3 Å². The lowest BCUT2D eigenvalue weighted by Crippen LogP contribution is -2.45. The molecule has 0 aliphatic carbocycles. The van der Waals surface area contributed by atoms with E-state index in [-0.39, 0.29) is 0 Å². The van der Waals surface area contributed by atoms with Crippen molar-refractivity contribution in [3.63, 3.8) is 0 Å². The van der Waals surface area contributed by atoms with Gasteiger partial charge in [0, 0.05) is 20.2 Å². The minimum Gasteiger partial charge on any atom is -0.400 e. The SMILES string of the molecule is CCCN(CCC)N(N)O.CO. The van der Waals surface area contributed by atoms with Crippen LogP contribution >= 0.6 is 0 Å². The van der Waals surface area contributed by atoms with Crippen LogP contribution in [0.15, 0.2) is 0 Å². The molecular weight excluding hydrogens is 158 g/mol. The number of nitrogens with two attached hydrogens (primary N) is 1. The highest BCUT2D eigenvalue weighted by Gasteiger charge is 2.05. The number of nitrogens with zero attached hydrogens (tertiary/aromatic N) is 2. The molecule has 0 radical (unpaired) electrons. The summed E-state index contributed by atoms with van der Waals surface area (Å²) in [6.45, 7) is 5.71. The Morgan fingerprint density at radius 3 is 1.58 bits per heavy atom.